The Bertz CT molecular complexity index is 429. The molecule has 0 spiro atoms. The minimum absolute atomic E-state index is 0. The number of likely N-dealkylation sites (tertiary alicyclic amines) is 2. The van der Waals surface area contributed by atoms with Crippen LogP contribution in [0.3, 0.4) is 0 Å². The number of nitrogens with zero attached hydrogens (tertiary/aromatic N) is 2. The summed E-state index contributed by atoms with van der Waals surface area (Å²) in [6.07, 6.45) is 6.74. The van der Waals surface area contributed by atoms with E-state index in [1.165, 1.54) is 6.42 Å². The molecule has 1 N–H and O–H groups in total. The Labute approximate surface area is 155 Å². The lowest BCUT2D eigenvalue weighted by molar-refractivity contribution is -0.133. The minimum atomic E-state index is 0. The number of hydrogen-bond donors (Lipinski definition) is 1. The van der Waals surface area contributed by atoms with Crippen molar-refractivity contribution in [2.24, 2.45) is 11.8 Å². The van der Waals surface area contributed by atoms with Crippen LogP contribution < -0.4 is 5.32 Å². The monoisotopic (exact) mass is 353 g/mol. The molecule has 0 unspecified atom stereocenters. The van der Waals surface area contributed by atoms with E-state index < -0.39 is 0 Å². The first-order valence-corrected chi connectivity index (χ1v) is 10.3. The van der Waals surface area contributed by atoms with E-state index >= 15 is 0 Å². The van der Waals surface area contributed by atoms with Crippen LogP contribution in [0.4, 0.5) is 0 Å². The summed E-state index contributed by atoms with van der Waals surface area (Å²) < 4.78 is 0. The van der Waals surface area contributed by atoms with Gasteiger partial charge >= 0.3 is 0 Å². The van der Waals surface area contributed by atoms with E-state index in [4.69, 9.17) is 0 Å². The largest absolute Gasteiger partial charge is 0.356 e. The lowest BCUT2D eigenvalue weighted by atomic mass is 9.94. The van der Waals surface area contributed by atoms with Gasteiger partial charge in [0.05, 0.1) is 0 Å². The predicted octanol–water partition coefficient (Wildman–Crippen LogP) is 2.90. The van der Waals surface area contributed by atoms with E-state index in [1.807, 2.05) is 4.90 Å². The summed E-state index contributed by atoms with van der Waals surface area (Å²) in [5.41, 5.74) is 0. The van der Waals surface area contributed by atoms with Gasteiger partial charge in [-0.1, -0.05) is 13.3 Å². The van der Waals surface area contributed by atoms with Gasteiger partial charge in [-0.25, -0.2) is 0 Å². The van der Waals surface area contributed by atoms with Crippen LogP contribution in [-0.2, 0) is 9.59 Å². The smallest absolute Gasteiger partial charge is 0.223 e. The van der Waals surface area contributed by atoms with Crippen molar-refractivity contribution in [3.63, 3.8) is 0 Å². The van der Waals surface area contributed by atoms with Crippen molar-refractivity contribution in [2.45, 2.75) is 71.8 Å². The molecule has 2 heterocycles. The first-order chi connectivity index (χ1) is 12.0. The molecule has 2 rings (SSSR count). The third-order valence-corrected chi connectivity index (χ3v) is 6.04. The molecule has 0 bridgehead atoms. The molecule has 0 aliphatic carbocycles. The van der Waals surface area contributed by atoms with E-state index in [2.05, 4.69) is 31.0 Å². The van der Waals surface area contributed by atoms with Crippen LogP contribution >= 0.6 is 0 Å². The first kappa shape index (κ1) is 20.2. The molecule has 0 aromatic rings. The number of hydrogen-bond acceptors (Lipinski definition) is 3. The van der Waals surface area contributed by atoms with Crippen molar-refractivity contribution in [1.82, 2.24) is 15.1 Å². The van der Waals surface area contributed by atoms with Crippen LogP contribution in [-0.4, -0.2) is 60.4 Å². The summed E-state index contributed by atoms with van der Waals surface area (Å²) in [6, 6.07) is 0.567. The molecule has 0 radical (unpaired) electrons. The molecule has 2 aliphatic rings. The highest BCUT2D eigenvalue weighted by Gasteiger charge is 2.26. The fourth-order valence-electron chi connectivity index (χ4n) is 4.02. The molecule has 5 nitrogen and oxygen atoms in total. The first-order valence-electron chi connectivity index (χ1n) is 10.3. The van der Waals surface area contributed by atoms with Gasteiger partial charge in [0.15, 0.2) is 0 Å². The number of carbonyl (C=O) groups excluding carboxylic acids is 2. The van der Waals surface area contributed by atoms with Crippen LogP contribution in [0.5, 0.6) is 0 Å². The normalized spacial score (nSPS) is 20.9. The molecular formula is C20H39N3O2. The summed E-state index contributed by atoms with van der Waals surface area (Å²) in [4.78, 5) is 29.0. The molecule has 25 heavy (non-hydrogen) atoms. The molecule has 2 fully saturated rings. The summed E-state index contributed by atoms with van der Waals surface area (Å²) >= 11 is 0. The average molecular weight is 354 g/mol. The second-order valence-corrected chi connectivity index (χ2v) is 8.03. The summed E-state index contributed by atoms with van der Waals surface area (Å²) in [6.45, 7) is 11.1. The SMILES string of the molecule is CCC1CCN(C(=O)CCCNC(=O)C2CCN(C(C)C)CC2)CC1.[HH]. The number of carbonyl (C=O) groups is 2. The Morgan fingerprint density at radius 3 is 2.28 bits per heavy atom. The Morgan fingerprint density at radius 1 is 1.08 bits per heavy atom. The standard InChI is InChI=1S/C20H37N3O2.H2/c1-4-17-7-12-23(13-8-17)19(24)6-5-11-21-20(25)18-9-14-22(15-10-18)16(2)3;/h16-18H,4-15H2,1-3H3,(H,21,25);1H. The molecule has 0 aromatic carbocycles. The van der Waals surface area contributed by atoms with Crippen molar-refractivity contribution in [1.29, 1.82) is 0 Å². The Hall–Kier alpha value is -1.10. The summed E-state index contributed by atoms with van der Waals surface area (Å²) in [7, 11) is 0. The highest BCUT2D eigenvalue weighted by Crippen LogP contribution is 2.21. The number of piperidine rings is 2. The minimum Gasteiger partial charge on any atom is -0.356 e. The van der Waals surface area contributed by atoms with Gasteiger partial charge in [0.2, 0.25) is 11.8 Å². The zero-order valence-electron chi connectivity index (χ0n) is 16.4. The summed E-state index contributed by atoms with van der Waals surface area (Å²) in [5, 5.41) is 3.04. The van der Waals surface area contributed by atoms with Crippen LogP contribution in [0.2, 0.25) is 0 Å². The van der Waals surface area contributed by atoms with Gasteiger partial charge in [-0.15, -0.1) is 0 Å². The topological polar surface area (TPSA) is 52.7 Å². The van der Waals surface area contributed by atoms with Gasteiger partial charge in [0.1, 0.15) is 0 Å². The molecule has 2 saturated heterocycles. The van der Waals surface area contributed by atoms with Crippen LogP contribution in [0.1, 0.15) is 67.1 Å². The van der Waals surface area contributed by atoms with Crippen LogP contribution in [0.15, 0.2) is 0 Å². The fourth-order valence-corrected chi connectivity index (χ4v) is 4.02. The van der Waals surface area contributed by atoms with Crippen LogP contribution in [0.25, 0.3) is 0 Å². The van der Waals surface area contributed by atoms with Crippen LogP contribution in [0, 0.1) is 11.8 Å². The molecule has 0 aromatic heterocycles. The van der Waals surface area contributed by atoms with Gasteiger partial charge in [-0.3, -0.25) is 9.59 Å². The summed E-state index contributed by atoms with van der Waals surface area (Å²) in [5.74, 6) is 1.39. The van der Waals surface area contributed by atoms with Gasteiger partial charge in [-0.05, 0) is 65.0 Å². The van der Waals surface area contributed by atoms with Crippen molar-refractivity contribution in [2.75, 3.05) is 32.7 Å². The highest BCUT2D eigenvalue weighted by molar-refractivity contribution is 5.79. The lowest BCUT2D eigenvalue weighted by Crippen LogP contribution is -2.43. The molecule has 0 saturated carbocycles. The predicted molar refractivity (Wildman–Crippen MR) is 103 cm³/mol. The average Bonchev–Trinajstić information content (AvgIpc) is 2.65. The van der Waals surface area contributed by atoms with E-state index in [9.17, 15) is 9.59 Å². The highest BCUT2D eigenvalue weighted by atomic mass is 16.2. The molecular weight excluding hydrogens is 314 g/mol. The molecule has 2 amide bonds. The number of rotatable bonds is 7. The molecule has 2 aliphatic heterocycles. The maximum atomic E-state index is 12.3. The second-order valence-electron chi connectivity index (χ2n) is 8.03. The Morgan fingerprint density at radius 2 is 1.72 bits per heavy atom. The van der Waals surface area contributed by atoms with Gasteiger partial charge in [0.25, 0.3) is 0 Å². The van der Waals surface area contributed by atoms with Gasteiger partial charge in [0, 0.05) is 39.4 Å². The Kier molecular flexibility index (Phi) is 8.20. The molecule has 0 atom stereocenters. The van der Waals surface area contributed by atoms with E-state index in [0.29, 0.717) is 19.0 Å². The van der Waals surface area contributed by atoms with Gasteiger partial charge < -0.3 is 15.1 Å². The third kappa shape index (κ3) is 6.28. The second kappa shape index (κ2) is 10.1. The zero-order valence-corrected chi connectivity index (χ0v) is 16.4. The third-order valence-electron chi connectivity index (χ3n) is 6.04. The van der Waals surface area contributed by atoms with E-state index in [1.54, 1.807) is 0 Å². The van der Waals surface area contributed by atoms with Crippen molar-refractivity contribution in [3.05, 3.63) is 0 Å². The van der Waals surface area contributed by atoms with E-state index in [-0.39, 0.29) is 19.2 Å². The molecule has 146 valence electrons. The van der Waals surface area contributed by atoms with Gasteiger partial charge in [-0.2, -0.15) is 0 Å². The van der Waals surface area contributed by atoms with Crippen molar-refractivity contribution in [3.8, 4) is 0 Å². The molecule has 5 heteroatoms. The van der Waals surface area contributed by atoms with E-state index in [0.717, 1.165) is 64.2 Å². The van der Waals surface area contributed by atoms with Crippen molar-refractivity contribution < 1.29 is 11.0 Å². The quantitative estimate of drug-likeness (QED) is 0.716. The maximum absolute atomic E-state index is 12.3. The van der Waals surface area contributed by atoms with Crippen molar-refractivity contribution >= 4 is 11.8 Å². The fraction of sp³-hybridized carbons (Fsp3) is 0.900. The number of amides is 2. The number of nitrogens with one attached hydrogen (secondary N) is 1. The maximum Gasteiger partial charge on any atom is 0.223 e. The lowest BCUT2D eigenvalue weighted by Gasteiger charge is -2.34. The zero-order chi connectivity index (χ0) is 18.2. The Balaban J connectivity index is 0.00000338.